The first-order valence-electron chi connectivity index (χ1n) is 9.26. The highest BCUT2D eigenvalue weighted by Crippen LogP contribution is 2.09. The van der Waals surface area contributed by atoms with Crippen LogP contribution in [0.4, 0.5) is 0 Å². The molecule has 0 bridgehead atoms. The minimum absolute atomic E-state index is 0.0142. The van der Waals surface area contributed by atoms with Crippen LogP contribution in [0.2, 0.25) is 0 Å². The molecule has 1 aromatic rings. The lowest BCUT2D eigenvalue weighted by atomic mass is 10.1. The number of esters is 1. The first-order valence-corrected chi connectivity index (χ1v) is 9.26. The lowest BCUT2D eigenvalue weighted by Gasteiger charge is -2.07. The van der Waals surface area contributed by atoms with Gasteiger partial charge in [0.05, 0.1) is 12.5 Å². The van der Waals surface area contributed by atoms with Crippen molar-refractivity contribution in [2.24, 2.45) is 0 Å². The summed E-state index contributed by atoms with van der Waals surface area (Å²) in [5.41, 5.74) is 0.954. The molecule has 3 heteroatoms. The smallest absolute Gasteiger partial charge is 0.309 e. The van der Waals surface area contributed by atoms with Crippen molar-refractivity contribution in [3.8, 4) is 0 Å². The maximum Gasteiger partial charge on any atom is 0.309 e. The Balaban J connectivity index is 2.03. The number of rotatable bonds is 13. The fourth-order valence-corrected chi connectivity index (χ4v) is 2.51. The molecule has 0 unspecified atom stereocenters. The van der Waals surface area contributed by atoms with E-state index in [1.54, 1.807) is 6.08 Å². The van der Waals surface area contributed by atoms with Crippen LogP contribution in [0.3, 0.4) is 0 Å². The van der Waals surface area contributed by atoms with Crippen LogP contribution in [0, 0.1) is 0 Å². The van der Waals surface area contributed by atoms with Gasteiger partial charge in [0.15, 0.2) is 0 Å². The molecule has 1 N–H and O–H groups in total. The Bertz CT molecular complexity index is 453. The number of benzene rings is 1. The molecule has 0 aliphatic rings. The van der Waals surface area contributed by atoms with E-state index in [0.717, 1.165) is 18.4 Å². The van der Waals surface area contributed by atoms with Gasteiger partial charge in [-0.1, -0.05) is 87.9 Å². The number of carbonyl (C=O) groups is 1. The first kappa shape index (κ1) is 20.4. The SMILES string of the molecule is CCCCCCCCCC=C[C@@H](O)CC(=O)OCc1ccccc1. The second kappa shape index (κ2) is 13.8. The van der Waals surface area contributed by atoms with Crippen LogP contribution < -0.4 is 0 Å². The van der Waals surface area contributed by atoms with Gasteiger partial charge < -0.3 is 9.84 Å². The average Bonchev–Trinajstić information content (AvgIpc) is 2.59. The molecule has 0 aliphatic heterocycles. The zero-order valence-corrected chi connectivity index (χ0v) is 15.0. The molecule has 1 rings (SSSR count). The zero-order valence-electron chi connectivity index (χ0n) is 15.0. The van der Waals surface area contributed by atoms with Gasteiger partial charge in [-0.25, -0.2) is 0 Å². The van der Waals surface area contributed by atoms with Crippen LogP contribution in [0.15, 0.2) is 42.5 Å². The molecule has 0 aliphatic carbocycles. The summed E-state index contributed by atoms with van der Waals surface area (Å²) in [5.74, 6) is -0.369. The highest BCUT2D eigenvalue weighted by Gasteiger charge is 2.09. The van der Waals surface area contributed by atoms with Crippen molar-refractivity contribution in [2.45, 2.75) is 77.4 Å². The van der Waals surface area contributed by atoms with Gasteiger partial charge in [-0.2, -0.15) is 0 Å². The van der Waals surface area contributed by atoms with Gasteiger partial charge in [-0.3, -0.25) is 4.79 Å². The summed E-state index contributed by atoms with van der Waals surface area (Å²) in [7, 11) is 0. The molecular weight excluding hydrogens is 300 g/mol. The van der Waals surface area contributed by atoms with Crippen LogP contribution in [-0.4, -0.2) is 17.2 Å². The second-order valence-electron chi connectivity index (χ2n) is 6.26. The Morgan fingerprint density at radius 3 is 2.46 bits per heavy atom. The normalized spacial score (nSPS) is 12.4. The molecule has 1 atom stereocenters. The quantitative estimate of drug-likeness (QED) is 0.308. The minimum Gasteiger partial charge on any atom is -0.461 e. The number of aliphatic hydroxyl groups excluding tert-OH is 1. The predicted molar refractivity (Wildman–Crippen MR) is 98.6 cm³/mol. The Labute approximate surface area is 146 Å². The van der Waals surface area contributed by atoms with Crippen LogP contribution >= 0.6 is 0 Å². The van der Waals surface area contributed by atoms with E-state index < -0.39 is 6.10 Å². The maximum atomic E-state index is 11.7. The average molecular weight is 332 g/mol. The van der Waals surface area contributed by atoms with Crippen LogP contribution in [0.5, 0.6) is 0 Å². The monoisotopic (exact) mass is 332 g/mol. The summed E-state index contributed by atoms with van der Waals surface area (Å²) < 4.78 is 5.16. The summed E-state index contributed by atoms with van der Waals surface area (Å²) in [5, 5.41) is 9.83. The van der Waals surface area contributed by atoms with E-state index in [-0.39, 0.29) is 19.0 Å². The largest absolute Gasteiger partial charge is 0.461 e. The van der Waals surface area contributed by atoms with Crippen LogP contribution in [-0.2, 0) is 16.1 Å². The van der Waals surface area contributed by atoms with Crippen molar-refractivity contribution in [1.29, 1.82) is 0 Å². The number of carbonyl (C=O) groups excluding carboxylic acids is 1. The fourth-order valence-electron chi connectivity index (χ4n) is 2.51. The van der Waals surface area contributed by atoms with Gasteiger partial charge in [0.1, 0.15) is 6.61 Å². The molecule has 3 nitrogen and oxygen atoms in total. The molecule has 0 heterocycles. The summed E-state index contributed by atoms with van der Waals surface area (Å²) in [6.07, 6.45) is 12.9. The topological polar surface area (TPSA) is 46.5 Å². The second-order valence-corrected chi connectivity index (χ2v) is 6.26. The maximum absolute atomic E-state index is 11.7. The van der Waals surface area contributed by atoms with Gasteiger partial charge in [-0.15, -0.1) is 0 Å². The van der Waals surface area contributed by atoms with Gasteiger partial charge in [0, 0.05) is 0 Å². The van der Waals surface area contributed by atoms with Crippen molar-refractivity contribution in [2.75, 3.05) is 0 Å². The molecular formula is C21H32O3. The van der Waals surface area contributed by atoms with Crippen molar-refractivity contribution in [3.05, 3.63) is 48.0 Å². The predicted octanol–water partition coefficient (Wildman–Crippen LogP) is 5.18. The summed E-state index contributed by atoms with van der Waals surface area (Å²) in [6, 6.07) is 9.55. The highest BCUT2D eigenvalue weighted by atomic mass is 16.5. The molecule has 0 saturated carbocycles. The van der Waals surface area contributed by atoms with Crippen molar-refractivity contribution >= 4 is 5.97 Å². The summed E-state index contributed by atoms with van der Waals surface area (Å²) in [4.78, 5) is 11.7. The van der Waals surface area contributed by atoms with E-state index in [4.69, 9.17) is 4.74 Å². The lowest BCUT2D eigenvalue weighted by molar-refractivity contribution is -0.146. The van der Waals surface area contributed by atoms with Gasteiger partial charge in [0.2, 0.25) is 0 Å². The number of hydrogen-bond acceptors (Lipinski definition) is 3. The fraction of sp³-hybridized carbons (Fsp3) is 0.571. The summed E-state index contributed by atoms with van der Waals surface area (Å²) in [6.45, 7) is 2.49. The lowest BCUT2D eigenvalue weighted by Crippen LogP contribution is -2.13. The molecule has 0 spiro atoms. The van der Waals surface area contributed by atoms with E-state index in [1.165, 1.54) is 38.5 Å². The first-order chi connectivity index (χ1) is 11.7. The third-order valence-electron chi connectivity index (χ3n) is 3.95. The number of unbranched alkanes of at least 4 members (excludes halogenated alkanes) is 7. The van der Waals surface area contributed by atoms with E-state index in [2.05, 4.69) is 6.92 Å². The standard InChI is InChI=1S/C21H32O3/c1-2-3-4-5-6-7-8-9-13-16-20(22)17-21(23)24-18-19-14-11-10-12-15-19/h10-16,20,22H,2-9,17-18H2,1H3/t20-/m1/s1. The van der Waals surface area contributed by atoms with E-state index in [9.17, 15) is 9.90 Å². The van der Waals surface area contributed by atoms with E-state index in [1.807, 2.05) is 36.4 Å². The molecule has 0 radical (unpaired) electrons. The Hall–Kier alpha value is -1.61. The Morgan fingerprint density at radius 1 is 1.08 bits per heavy atom. The van der Waals surface area contributed by atoms with E-state index >= 15 is 0 Å². The third kappa shape index (κ3) is 11.0. The van der Waals surface area contributed by atoms with Gasteiger partial charge >= 0.3 is 5.97 Å². The number of aliphatic hydroxyl groups is 1. The molecule has 24 heavy (non-hydrogen) atoms. The molecule has 0 aromatic heterocycles. The van der Waals surface area contributed by atoms with Crippen molar-refractivity contribution in [3.63, 3.8) is 0 Å². The highest BCUT2D eigenvalue weighted by molar-refractivity contribution is 5.70. The number of allylic oxidation sites excluding steroid dienone is 1. The Morgan fingerprint density at radius 2 is 1.75 bits per heavy atom. The van der Waals surface area contributed by atoms with Crippen LogP contribution in [0.25, 0.3) is 0 Å². The number of ether oxygens (including phenoxy) is 1. The van der Waals surface area contributed by atoms with Crippen LogP contribution in [0.1, 0.15) is 70.3 Å². The van der Waals surface area contributed by atoms with E-state index in [0.29, 0.717) is 0 Å². The third-order valence-corrected chi connectivity index (χ3v) is 3.95. The molecule has 134 valence electrons. The Kier molecular flexibility index (Phi) is 11.7. The molecule has 0 fully saturated rings. The number of hydrogen-bond donors (Lipinski definition) is 1. The molecule has 0 saturated heterocycles. The molecule has 0 amide bonds. The van der Waals surface area contributed by atoms with Crippen molar-refractivity contribution < 1.29 is 14.6 Å². The zero-order chi connectivity index (χ0) is 17.5. The summed E-state index contributed by atoms with van der Waals surface area (Å²) >= 11 is 0. The van der Waals surface area contributed by atoms with Gasteiger partial charge in [-0.05, 0) is 18.4 Å². The minimum atomic E-state index is -0.752. The van der Waals surface area contributed by atoms with Crippen molar-refractivity contribution in [1.82, 2.24) is 0 Å². The molecule has 1 aromatic carbocycles. The van der Waals surface area contributed by atoms with Gasteiger partial charge in [0.25, 0.3) is 0 Å².